The molecule has 0 saturated heterocycles. The number of H-pyrrole nitrogens is 2. The van der Waals surface area contributed by atoms with Crippen molar-refractivity contribution in [3.63, 3.8) is 0 Å². The number of imidazole rings is 1. The average Bonchev–Trinajstić information content (AvgIpc) is 2.89. The van der Waals surface area contributed by atoms with Gasteiger partial charge in [-0.1, -0.05) is 15.9 Å². The summed E-state index contributed by atoms with van der Waals surface area (Å²) >= 11 is 3.15. The first-order valence-electron chi connectivity index (χ1n) is 7.07. The second-order valence-electron chi connectivity index (χ2n) is 5.16. The number of hydrogen-bond acceptors (Lipinski definition) is 3. The first kappa shape index (κ1) is 16.3. The van der Waals surface area contributed by atoms with Gasteiger partial charge in [-0.25, -0.2) is 9.18 Å². The third-order valence-electron chi connectivity index (χ3n) is 3.35. The standard InChI is InChI=1S/C16H13BrFN3O3/c1-8(24-14-5-2-9(17)6-11(14)18)15(22)19-10-3-4-12-13(7-10)21-16(23)20-12/h2-8H,1H3,(H,19,22)(H2,20,21,23)/t8-/m0/s1. The van der Waals surface area contributed by atoms with E-state index in [2.05, 4.69) is 31.2 Å². The van der Waals surface area contributed by atoms with Crippen molar-refractivity contribution in [2.75, 3.05) is 5.32 Å². The van der Waals surface area contributed by atoms with Gasteiger partial charge in [-0.15, -0.1) is 0 Å². The van der Waals surface area contributed by atoms with Crippen LogP contribution in [0.1, 0.15) is 6.92 Å². The third kappa shape index (κ3) is 3.48. The molecule has 0 aliphatic heterocycles. The summed E-state index contributed by atoms with van der Waals surface area (Å²) < 4.78 is 19.7. The van der Waals surface area contributed by atoms with E-state index in [4.69, 9.17) is 4.74 Å². The zero-order chi connectivity index (χ0) is 17.3. The Morgan fingerprint density at radius 2 is 1.96 bits per heavy atom. The van der Waals surface area contributed by atoms with Crippen LogP contribution in [-0.4, -0.2) is 22.0 Å². The lowest BCUT2D eigenvalue weighted by Gasteiger charge is -2.15. The number of rotatable bonds is 4. The summed E-state index contributed by atoms with van der Waals surface area (Å²) in [4.78, 5) is 28.6. The zero-order valence-corrected chi connectivity index (χ0v) is 14.1. The van der Waals surface area contributed by atoms with Gasteiger partial charge in [0.1, 0.15) is 0 Å². The van der Waals surface area contributed by atoms with Gasteiger partial charge in [0, 0.05) is 10.2 Å². The van der Waals surface area contributed by atoms with Crippen LogP contribution < -0.4 is 15.7 Å². The summed E-state index contributed by atoms with van der Waals surface area (Å²) in [5, 5.41) is 2.66. The molecule has 24 heavy (non-hydrogen) atoms. The SMILES string of the molecule is C[C@H](Oc1ccc(Br)cc1F)C(=O)Nc1ccc2[nH]c(=O)[nH]c2c1. The molecule has 6 nitrogen and oxygen atoms in total. The van der Waals surface area contributed by atoms with E-state index in [1.807, 2.05) is 0 Å². The topological polar surface area (TPSA) is 87.0 Å². The van der Waals surface area contributed by atoms with Gasteiger partial charge in [0.15, 0.2) is 17.7 Å². The minimum Gasteiger partial charge on any atom is -0.478 e. The van der Waals surface area contributed by atoms with Gasteiger partial charge in [0.25, 0.3) is 5.91 Å². The molecular formula is C16H13BrFN3O3. The fraction of sp³-hybridized carbons (Fsp3) is 0.125. The molecule has 0 aliphatic carbocycles. The highest BCUT2D eigenvalue weighted by Crippen LogP contribution is 2.23. The summed E-state index contributed by atoms with van der Waals surface area (Å²) in [5.41, 5.74) is 1.38. The Hall–Kier alpha value is -2.61. The van der Waals surface area contributed by atoms with Crippen LogP contribution in [0.15, 0.2) is 45.7 Å². The summed E-state index contributed by atoms with van der Waals surface area (Å²) in [6.07, 6.45) is -0.901. The Kier molecular flexibility index (Phi) is 4.39. The second kappa shape index (κ2) is 6.48. The number of amides is 1. The number of anilines is 1. The molecule has 2 aromatic carbocycles. The van der Waals surface area contributed by atoms with Crippen molar-refractivity contribution in [2.24, 2.45) is 0 Å². The third-order valence-corrected chi connectivity index (χ3v) is 3.84. The molecule has 0 fully saturated rings. The van der Waals surface area contributed by atoms with Crippen molar-refractivity contribution in [1.29, 1.82) is 0 Å². The summed E-state index contributed by atoms with van der Waals surface area (Å²) in [6.45, 7) is 1.52. The number of halogens is 2. The first-order chi connectivity index (χ1) is 11.4. The van der Waals surface area contributed by atoms with Crippen LogP contribution in [0, 0.1) is 5.82 Å². The number of nitrogens with one attached hydrogen (secondary N) is 3. The number of benzene rings is 2. The molecular weight excluding hydrogens is 381 g/mol. The lowest BCUT2D eigenvalue weighted by molar-refractivity contribution is -0.122. The monoisotopic (exact) mass is 393 g/mol. The van der Waals surface area contributed by atoms with Gasteiger partial charge in [-0.05, 0) is 43.3 Å². The number of hydrogen-bond donors (Lipinski definition) is 3. The van der Waals surface area contributed by atoms with E-state index >= 15 is 0 Å². The smallest absolute Gasteiger partial charge is 0.323 e. The number of aromatic amines is 2. The fourth-order valence-corrected chi connectivity index (χ4v) is 2.50. The molecule has 1 atom stereocenters. The van der Waals surface area contributed by atoms with E-state index in [9.17, 15) is 14.0 Å². The largest absolute Gasteiger partial charge is 0.478 e. The first-order valence-corrected chi connectivity index (χ1v) is 7.86. The van der Waals surface area contributed by atoms with Crippen molar-refractivity contribution in [3.8, 4) is 5.75 Å². The van der Waals surface area contributed by atoms with Crippen molar-refractivity contribution in [1.82, 2.24) is 9.97 Å². The molecule has 124 valence electrons. The Morgan fingerprint density at radius 1 is 1.21 bits per heavy atom. The van der Waals surface area contributed by atoms with Crippen LogP contribution in [0.3, 0.4) is 0 Å². The minimum absolute atomic E-state index is 0.00809. The van der Waals surface area contributed by atoms with Crippen LogP contribution >= 0.6 is 15.9 Å². The molecule has 0 bridgehead atoms. The van der Waals surface area contributed by atoms with Crippen molar-refractivity contribution >= 4 is 38.6 Å². The molecule has 3 aromatic rings. The summed E-state index contributed by atoms with van der Waals surface area (Å²) in [6, 6.07) is 9.27. The number of carbonyl (C=O) groups excluding carboxylic acids is 1. The van der Waals surface area contributed by atoms with Crippen LogP contribution in [0.2, 0.25) is 0 Å². The molecule has 0 unspecified atom stereocenters. The van der Waals surface area contributed by atoms with Crippen LogP contribution in [0.4, 0.5) is 10.1 Å². The Bertz CT molecular complexity index is 967. The molecule has 3 rings (SSSR count). The highest BCUT2D eigenvalue weighted by atomic mass is 79.9. The molecule has 0 radical (unpaired) electrons. The van der Waals surface area contributed by atoms with Gasteiger partial charge in [0.2, 0.25) is 0 Å². The normalized spacial score (nSPS) is 12.1. The summed E-state index contributed by atoms with van der Waals surface area (Å²) in [7, 11) is 0. The van der Waals surface area contributed by atoms with E-state index in [0.29, 0.717) is 21.2 Å². The van der Waals surface area contributed by atoms with E-state index in [-0.39, 0.29) is 11.4 Å². The van der Waals surface area contributed by atoms with Crippen LogP contribution in [0.25, 0.3) is 11.0 Å². The average molecular weight is 394 g/mol. The summed E-state index contributed by atoms with van der Waals surface area (Å²) in [5.74, 6) is -1.00. The highest BCUT2D eigenvalue weighted by molar-refractivity contribution is 9.10. The second-order valence-corrected chi connectivity index (χ2v) is 6.08. The van der Waals surface area contributed by atoms with Gasteiger partial charge in [-0.3, -0.25) is 4.79 Å². The van der Waals surface area contributed by atoms with E-state index < -0.39 is 17.8 Å². The van der Waals surface area contributed by atoms with E-state index in [1.165, 1.54) is 19.1 Å². The number of aromatic nitrogens is 2. The van der Waals surface area contributed by atoms with Gasteiger partial charge < -0.3 is 20.0 Å². The maximum Gasteiger partial charge on any atom is 0.323 e. The number of carbonyl (C=O) groups is 1. The van der Waals surface area contributed by atoms with E-state index in [0.717, 1.165) is 0 Å². The van der Waals surface area contributed by atoms with Gasteiger partial charge in [0.05, 0.1) is 11.0 Å². The van der Waals surface area contributed by atoms with Crippen molar-refractivity contribution in [2.45, 2.75) is 13.0 Å². The van der Waals surface area contributed by atoms with Gasteiger partial charge >= 0.3 is 5.69 Å². The molecule has 1 amide bonds. The maximum atomic E-state index is 13.8. The predicted molar refractivity (Wildman–Crippen MR) is 91.7 cm³/mol. The fourth-order valence-electron chi connectivity index (χ4n) is 2.17. The number of ether oxygens (including phenoxy) is 1. The molecule has 0 aliphatic rings. The molecule has 0 spiro atoms. The molecule has 8 heteroatoms. The van der Waals surface area contributed by atoms with Crippen molar-refractivity contribution in [3.05, 3.63) is 57.2 Å². The lowest BCUT2D eigenvalue weighted by Crippen LogP contribution is -2.30. The number of fused-ring (bicyclic) bond motifs is 1. The highest BCUT2D eigenvalue weighted by Gasteiger charge is 2.17. The van der Waals surface area contributed by atoms with Crippen LogP contribution in [0.5, 0.6) is 5.75 Å². The molecule has 1 heterocycles. The minimum atomic E-state index is -0.901. The Morgan fingerprint density at radius 3 is 2.71 bits per heavy atom. The molecule has 3 N–H and O–H groups in total. The van der Waals surface area contributed by atoms with Crippen LogP contribution in [-0.2, 0) is 4.79 Å². The Balaban J connectivity index is 1.71. The lowest BCUT2D eigenvalue weighted by atomic mass is 10.2. The molecule has 1 aromatic heterocycles. The van der Waals surface area contributed by atoms with Gasteiger partial charge in [-0.2, -0.15) is 0 Å². The zero-order valence-electron chi connectivity index (χ0n) is 12.5. The molecule has 0 saturated carbocycles. The van der Waals surface area contributed by atoms with Crippen molar-refractivity contribution < 1.29 is 13.9 Å². The van der Waals surface area contributed by atoms with E-state index in [1.54, 1.807) is 24.3 Å². The Labute approximate surface area is 144 Å². The predicted octanol–water partition coefficient (Wildman–Crippen LogP) is 3.16. The maximum absolute atomic E-state index is 13.8. The quantitative estimate of drug-likeness (QED) is 0.636.